The minimum absolute atomic E-state index is 0.796. The lowest BCUT2D eigenvalue weighted by Crippen LogP contribution is -1.82. The Labute approximate surface area is 120 Å². The summed E-state index contributed by atoms with van der Waals surface area (Å²) in [5.74, 6) is 2.80. The summed E-state index contributed by atoms with van der Waals surface area (Å²) < 4.78 is 6.53. The van der Waals surface area contributed by atoms with Gasteiger partial charge in [0.1, 0.15) is 15.8 Å². The van der Waals surface area contributed by atoms with E-state index in [1.807, 2.05) is 17.8 Å². The van der Waals surface area contributed by atoms with Gasteiger partial charge in [-0.2, -0.15) is 0 Å². The van der Waals surface area contributed by atoms with Gasteiger partial charge in [-0.3, -0.25) is 4.99 Å². The van der Waals surface area contributed by atoms with E-state index in [9.17, 15) is 0 Å². The molecule has 3 nitrogen and oxygen atoms in total. The molecule has 0 atom stereocenters. The smallest absolute Gasteiger partial charge is 0.147 e. The van der Waals surface area contributed by atoms with Crippen LogP contribution in [0.25, 0.3) is 11.3 Å². The van der Waals surface area contributed by atoms with Gasteiger partial charge in [0.05, 0.1) is 12.3 Å². The fraction of sp³-hybridized carbons (Fsp3) is 0.286. The molecule has 1 aromatic heterocycles. The van der Waals surface area contributed by atoms with Crippen molar-refractivity contribution < 1.29 is 4.52 Å². The van der Waals surface area contributed by atoms with Crippen LogP contribution in [0.2, 0.25) is 0 Å². The minimum atomic E-state index is 0.796. The first-order valence-electron chi connectivity index (χ1n) is 6.14. The topological polar surface area (TPSA) is 38.4 Å². The Kier molecular flexibility index (Phi) is 3.94. The van der Waals surface area contributed by atoms with Crippen molar-refractivity contribution in [3.8, 4) is 11.3 Å². The maximum absolute atomic E-state index is 5.37. The Morgan fingerprint density at radius 1 is 1.32 bits per heavy atom. The van der Waals surface area contributed by atoms with Crippen LogP contribution in [-0.2, 0) is 5.75 Å². The minimum Gasteiger partial charge on any atom is -0.360 e. The van der Waals surface area contributed by atoms with Gasteiger partial charge in [0.2, 0.25) is 0 Å². The maximum Gasteiger partial charge on any atom is 0.147 e. The van der Waals surface area contributed by atoms with E-state index in [0.29, 0.717) is 0 Å². The first kappa shape index (κ1) is 12.8. The number of hydrogen-bond acceptors (Lipinski definition) is 5. The van der Waals surface area contributed by atoms with E-state index < -0.39 is 0 Å². The molecule has 0 N–H and O–H groups in total. The van der Waals surface area contributed by atoms with Gasteiger partial charge in [-0.15, -0.1) is 0 Å². The molecular formula is C14H14N2OS2. The van der Waals surface area contributed by atoms with Crippen molar-refractivity contribution in [3.63, 3.8) is 0 Å². The van der Waals surface area contributed by atoms with E-state index in [1.54, 1.807) is 11.8 Å². The van der Waals surface area contributed by atoms with E-state index in [1.165, 1.54) is 5.56 Å². The fourth-order valence-electron chi connectivity index (χ4n) is 1.78. The summed E-state index contributed by atoms with van der Waals surface area (Å²) in [5, 5.41) is 4.13. The second-order valence-electron chi connectivity index (χ2n) is 4.33. The molecule has 0 spiro atoms. The molecule has 5 heteroatoms. The molecule has 0 fully saturated rings. The number of rotatable bonds is 3. The van der Waals surface area contributed by atoms with E-state index in [0.717, 1.165) is 39.4 Å². The average molecular weight is 290 g/mol. The highest BCUT2D eigenvalue weighted by Crippen LogP contribution is 2.27. The van der Waals surface area contributed by atoms with Crippen molar-refractivity contribution >= 4 is 27.9 Å². The summed E-state index contributed by atoms with van der Waals surface area (Å²) in [6.45, 7) is 3.02. The first-order valence-corrected chi connectivity index (χ1v) is 8.11. The third kappa shape index (κ3) is 3.22. The fourth-order valence-corrected chi connectivity index (χ4v) is 3.66. The standard InChI is InChI=1S/C14H14N2OS2/c1-10-2-4-11(5-3-10)13-8-12(17-16-13)9-19-14-15-6-7-18-14/h2-5,8H,6-7,9H2,1H3. The van der Waals surface area contributed by atoms with Crippen molar-refractivity contribution in [1.29, 1.82) is 0 Å². The van der Waals surface area contributed by atoms with E-state index >= 15 is 0 Å². The Morgan fingerprint density at radius 3 is 2.89 bits per heavy atom. The third-order valence-corrected chi connectivity index (χ3v) is 5.08. The molecule has 1 aliphatic rings. The molecule has 0 aliphatic carbocycles. The zero-order valence-corrected chi connectivity index (χ0v) is 12.3. The number of aromatic nitrogens is 1. The highest BCUT2D eigenvalue weighted by Gasteiger charge is 2.11. The largest absolute Gasteiger partial charge is 0.360 e. The van der Waals surface area contributed by atoms with Gasteiger partial charge < -0.3 is 4.52 Å². The van der Waals surface area contributed by atoms with Crippen molar-refractivity contribution in [1.82, 2.24) is 5.16 Å². The Morgan fingerprint density at radius 2 is 2.16 bits per heavy atom. The second-order valence-corrected chi connectivity index (χ2v) is 6.64. The average Bonchev–Trinajstić information content (AvgIpc) is 3.09. The molecule has 19 heavy (non-hydrogen) atoms. The molecule has 1 aromatic carbocycles. The zero-order valence-electron chi connectivity index (χ0n) is 10.6. The lowest BCUT2D eigenvalue weighted by atomic mass is 10.1. The van der Waals surface area contributed by atoms with Crippen molar-refractivity contribution in [3.05, 3.63) is 41.7 Å². The number of thioether (sulfide) groups is 2. The molecule has 0 saturated heterocycles. The number of aryl methyl sites for hydroxylation is 1. The van der Waals surface area contributed by atoms with Gasteiger partial charge in [0.25, 0.3) is 0 Å². The van der Waals surface area contributed by atoms with Gasteiger partial charge in [-0.1, -0.05) is 58.5 Å². The van der Waals surface area contributed by atoms with Gasteiger partial charge in [-0.05, 0) is 6.92 Å². The van der Waals surface area contributed by atoms with Crippen molar-refractivity contribution in [2.45, 2.75) is 12.7 Å². The molecule has 2 heterocycles. The Bertz CT molecular complexity index is 590. The van der Waals surface area contributed by atoms with Gasteiger partial charge >= 0.3 is 0 Å². The van der Waals surface area contributed by atoms with Gasteiger partial charge in [0.15, 0.2) is 0 Å². The van der Waals surface area contributed by atoms with Crippen LogP contribution in [0.4, 0.5) is 0 Å². The number of benzene rings is 1. The van der Waals surface area contributed by atoms with Crippen LogP contribution in [0.5, 0.6) is 0 Å². The summed E-state index contributed by atoms with van der Waals surface area (Å²) in [4.78, 5) is 4.41. The molecule has 2 aromatic rings. The van der Waals surface area contributed by atoms with Crippen LogP contribution < -0.4 is 0 Å². The summed E-state index contributed by atoms with van der Waals surface area (Å²) in [5.41, 5.74) is 3.24. The van der Waals surface area contributed by atoms with Crippen molar-refractivity contribution in [2.24, 2.45) is 4.99 Å². The second kappa shape index (κ2) is 5.84. The van der Waals surface area contributed by atoms with Crippen LogP contribution >= 0.6 is 23.5 Å². The zero-order chi connectivity index (χ0) is 13.1. The van der Waals surface area contributed by atoms with Crippen LogP contribution in [0.15, 0.2) is 39.8 Å². The number of hydrogen-bond donors (Lipinski definition) is 0. The monoisotopic (exact) mass is 290 g/mol. The normalized spacial score (nSPS) is 14.7. The number of aliphatic imine (C=N–C) groups is 1. The Balaban J connectivity index is 1.67. The van der Waals surface area contributed by atoms with Crippen molar-refractivity contribution in [2.75, 3.05) is 12.3 Å². The lowest BCUT2D eigenvalue weighted by molar-refractivity contribution is 0.397. The lowest BCUT2D eigenvalue weighted by Gasteiger charge is -1.96. The number of nitrogens with zero attached hydrogens (tertiary/aromatic N) is 2. The molecular weight excluding hydrogens is 276 g/mol. The van der Waals surface area contributed by atoms with E-state index in [2.05, 4.69) is 41.3 Å². The highest BCUT2D eigenvalue weighted by atomic mass is 32.2. The van der Waals surface area contributed by atoms with E-state index in [4.69, 9.17) is 4.52 Å². The van der Waals surface area contributed by atoms with Crippen LogP contribution in [0.1, 0.15) is 11.3 Å². The third-order valence-electron chi connectivity index (χ3n) is 2.80. The molecule has 0 unspecified atom stereocenters. The molecule has 0 bridgehead atoms. The van der Waals surface area contributed by atoms with E-state index in [-0.39, 0.29) is 0 Å². The molecule has 0 saturated carbocycles. The maximum atomic E-state index is 5.37. The highest BCUT2D eigenvalue weighted by molar-refractivity contribution is 8.38. The summed E-state index contributed by atoms with van der Waals surface area (Å²) in [7, 11) is 0. The van der Waals surface area contributed by atoms with Gasteiger partial charge in [0, 0.05) is 17.4 Å². The summed E-state index contributed by atoms with van der Waals surface area (Å²) >= 11 is 3.54. The molecule has 0 radical (unpaired) electrons. The summed E-state index contributed by atoms with van der Waals surface area (Å²) in [6, 6.07) is 10.3. The van der Waals surface area contributed by atoms with Crippen LogP contribution in [0, 0.1) is 6.92 Å². The van der Waals surface area contributed by atoms with Crippen LogP contribution in [0.3, 0.4) is 0 Å². The quantitative estimate of drug-likeness (QED) is 0.857. The molecule has 1 aliphatic heterocycles. The molecule has 0 amide bonds. The molecule has 98 valence electrons. The van der Waals surface area contributed by atoms with Gasteiger partial charge in [-0.25, -0.2) is 0 Å². The molecule has 3 rings (SSSR count). The van der Waals surface area contributed by atoms with Crippen LogP contribution in [-0.4, -0.2) is 21.8 Å². The summed E-state index contributed by atoms with van der Waals surface area (Å²) in [6.07, 6.45) is 0. The Hall–Kier alpha value is -1.20. The predicted octanol–water partition coefficient (Wildman–Crippen LogP) is 3.99. The SMILES string of the molecule is Cc1ccc(-c2cc(CSC3=NCCS3)on2)cc1. The first-order chi connectivity index (χ1) is 9.31. The predicted molar refractivity (Wildman–Crippen MR) is 82.7 cm³/mol.